The first-order chi connectivity index (χ1) is 14.9. The Morgan fingerprint density at radius 1 is 1.03 bits per heavy atom. The summed E-state index contributed by atoms with van der Waals surface area (Å²) in [5, 5.41) is 2.75. The second-order valence-electron chi connectivity index (χ2n) is 6.82. The van der Waals surface area contributed by atoms with Crippen LogP contribution in [0.15, 0.2) is 71.6 Å². The standard InChI is InChI=1S/C22H19FN2O5S/c1-25(19-8-3-2-7-18(19)23)31(27,28)17-6-4-5-16(12-17)22(26)24-13-15-9-10-20-21(11-15)30-14-29-20/h2-12H,13-14H2,1H3,(H,24,26). The number of nitrogens with zero attached hydrogens (tertiary/aromatic N) is 1. The van der Waals surface area contributed by atoms with Crippen LogP contribution in [0.4, 0.5) is 10.1 Å². The smallest absolute Gasteiger partial charge is 0.264 e. The summed E-state index contributed by atoms with van der Waals surface area (Å²) < 4.78 is 51.4. The first-order valence-electron chi connectivity index (χ1n) is 9.36. The van der Waals surface area contributed by atoms with Crippen molar-refractivity contribution >= 4 is 21.6 Å². The molecule has 3 aromatic rings. The van der Waals surface area contributed by atoms with Gasteiger partial charge in [-0.25, -0.2) is 12.8 Å². The highest BCUT2D eigenvalue weighted by molar-refractivity contribution is 7.92. The summed E-state index contributed by atoms with van der Waals surface area (Å²) in [4.78, 5) is 12.5. The van der Waals surface area contributed by atoms with Crippen molar-refractivity contribution in [1.82, 2.24) is 5.32 Å². The van der Waals surface area contributed by atoms with Crippen LogP contribution in [0, 0.1) is 5.82 Å². The molecular formula is C22H19FN2O5S. The zero-order valence-corrected chi connectivity index (χ0v) is 17.4. The number of para-hydroxylation sites is 1. The molecule has 0 unspecified atom stereocenters. The topological polar surface area (TPSA) is 84.9 Å². The Hall–Kier alpha value is -3.59. The van der Waals surface area contributed by atoms with Crippen molar-refractivity contribution in [3.63, 3.8) is 0 Å². The van der Waals surface area contributed by atoms with Crippen molar-refractivity contribution in [2.45, 2.75) is 11.4 Å². The predicted octanol–water partition coefficient (Wildman–Crippen LogP) is 3.31. The van der Waals surface area contributed by atoms with E-state index in [0.717, 1.165) is 9.87 Å². The fourth-order valence-electron chi connectivity index (χ4n) is 3.13. The average Bonchev–Trinajstić information content (AvgIpc) is 3.25. The highest BCUT2D eigenvalue weighted by Crippen LogP contribution is 2.32. The minimum absolute atomic E-state index is 0.0832. The zero-order chi connectivity index (χ0) is 22.0. The average molecular weight is 442 g/mol. The van der Waals surface area contributed by atoms with Gasteiger partial charge in [-0.05, 0) is 48.0 Å². The first-order valence-corrected chi connectivity index (χ1v) is 10.8. The van der Waals surface area contributed by atoms with Gasteiger partial charge in [-0.15, -0.1) is 0 Å². The van der Waals surface area contributed by atoms with E-state index < -0.39 is 21.7 Å². The Labute approximate surface area is 179 Å². The van der Waals surface area contributed by atoms with E-state index in [9.17, 15) is 17.6 Å². The number of ether oxygens (including phenoxy) is 2. The van der Waals surface area contributed by atoms with Crippen molar-refractivity contribution in [2.24, 2.45) is 0 Å². The number of carbonyl (C=O) groups excluding carboxylic acids is 1. The van der Waals surface area contributed by atoms with Gasteiger partial charge < -0.3 is 14.8 Å². The van der Waals surface area contributed by atoms with Gasteiger partial charge in [0.15, 0.2) is 11.5 Å². The molecule has 0 saturated carbocycles. The summed E-state index contributed by atoms with van der Waals surface area (Å²) >= 11 is 0. The molecule has 4 rings (SSSR count). The van der Waals surface area contributed by atoms with Crippen molar-refractivity contribution in [1.29, 1.82) is 0 Å². The number of hydrogen-bond donors (Lipinski definition) is 1. The molecule has 1 aliphatic rings. The summed E-state index contributed by atoms with van der Waals surface area (Å²) in [6.45, 7) is 0.384. The number of hydrogen-bond acceptors (Lipinski definition) is 5. The molecular weight excluding hydrogens is 423 g/mol. The summed E-state index contributed by atoms with van der Waals surface area (Å²) in [5.41, 5.74) is 0.893. The van der Waals surface area contributed by atoms with Crippen LogP contribution in [-0.4, -0.2) is 28.2 Å². The number of fused-ring (bicyclic) bond motifs is 1. The number of benzene rings is 3. The van der Waals surface area contributed by atoms with Crippen molar-refractivity contribution < 1.29 is 27.1 Å². The molecule has 9 heteroatoms. The molecule has 160 valence electrons. The van der Waals surface area contributed by atoms with Crippen LogP contribution in [0.5, 0.6) is 11.5 Å². The Bertz CT molecular complexity index is 1250. The fourth-order valence-corrected chi connectivity index (χ4v) is 4.38. The number of halogens is 1. The maximum Gasteiger partial charge on any atom is 0.264 e. The SMILES string of the molecule is CN(c1ccccc1F)S(=O)(=O)c1cccc(C(=O)NCc2ccc3c(c2)OCO3)c1. The van der Waals surface area contributed by atoms with E-state index in [1.54, 1.807) is 24.3 Å². The minimum atomic E-state index is -4.06. The molecule has 1 aliphatic heterocycles. The quantitative estimate of drug-likeness (QED) is 0.633. The summed E-state index contributed by atoms with van der Waals surface area (Å²) in [7, 11) is -2.80. The lowest BCUT2D eigenvalue weighted by Crippen LogP contribution is -2.28. The number of nitrogens with one attached hydrogen (secondary N) is 1. The molecule has 1 amide bonds. The number of rotatable bonds is 6. The molecule has 0 spiro atoms. The number of sulfonamides is 1. The Morgan fingerprint density at radius 2 is 1.81 bits per heavy atom. The molecule has 1 N–H and O–H groups in total. The lowest BCUT2D eigenvalue weighted by Gasteiger charge is -2.20. The van der Waals surface area contributed by atoms with Gasteiger partial charge in [-0.2, -0.15) is 0 Å². The number of amides is 1. The Morgan fingerprint density at radius 3 is 2.61 bits per heavy atom. The second kappa shape index (κ2) is 8.27. The lowest BCUT2D eigenvalue weighted by atomic mass is 10.2. The predicted molar refractivity (Wildman–Crippen MR) is 112 cm³/mol. The fraction of sp³-hybridized carbons (Fsp3) is 0.136. The highest BCUT2D eigenvalue weighted by atomic mass is 32.2. The van der Waals surface area contributed by atoms with Crippen LogP contribution >= 0.6 is 0 Å². The molecule has 31 heavy (non-hydrogen) atoms. The monoisotopic (exact) mass is 442 g/mol. The normalized spacial score (nSPS) is 12.5. The van der Waals surface area contributed by atoms with E-state index in [-0.39, 0.29) is 29.5 Å². The molecule has 7 nitrogen and oxygen atoms in total. The highest BCUT2D eigenvalue weighted by Gasteiger charge is 2.24. The van der Waals surface area contributed by atoms with E-state index in [2.05, 4.69) is 5.32 Å². The van der Waals surface area contributed by atoms with Crippen molar-refractivity contribution in [3.8, 4) is 11.5 Å². The number of anilines is 1. The Balaban J connectivity index is 1.51. The van der Waals surface area contributed by atoms with Crippen LogP contribution in [0.2, 0.25) is 0 Å². The largest absolute Gasteiger partial charge is 0.454 e. The van der Waals surface area contributed by atoms with E-state index in [1.165, 1.54) is 49.5 Å². The third-order valence-electron chi connectivity index (χ3n) is 4.84. The lowest BCUT2D eigenvalue weighted by molar-refractivity contribution is 0.0950. The first kappa shape index (κ1) is 20.7. The number of carbonyl (C=O) groups is 1. The molecule has 0 saturated heterocycles. The minimum Gasteiger partial charge on any atom is -0.454 e. The van der Waals surface area contributed by atoms with Crippen LogP contribution < -0.4 is 19.1 Å². The maximum absolute atomic E-state index is 14.1. The third-order valence-corrected chi connectivity index (χ3v) is 6.60. The molecule has 0 atom stereocenters. The van der Waals surface area contributed by atoms with Gasteiger partial charge in [0.05, 0.1) is 10.6 Å². The van der Waals surface area contributed by atoms with Gasteiger partial charge in [-0.1, -0.05) is 24.3 Å². The van der Waals surface area contributed by atoms with Gasteiger partial charge in [0.1, 0.15) is 5.82 Å². The molecule has 0 aliphatic carbocycles. The summed E-state index contributed by atoms with van der Waals surface area (Å²) in [6, 6.07) is 16.5. The van der Waals surface area contributed by atoms with Gasteiger partial charge in [0.25, 0.3) is 15.9 Å². The Kier molecular flexibility index (Phi) is 5.51. The molecule has 1 heterocycles. The maximum atomic E-state index is 14.1. The van der Waals surface area contributed by atoms with E-state index in [4.69, 9.17) is 9.47 Å². The van der Waals surface area contributed by atoms with Crippen LogP contribution in [0.25, 0.3) is 0 Å². The van der Waals surface area contributed by atoms with Crippen LogP contribution in [0.3, 0.4) is 0 Å². The second-order valence-corrected chi connectivity index (χ2v) is 8.79. The summed E-state index contributed by atoms with van der Waals surface area (Å²) in [5.74, 6) is 0.150. The molecule has 3 aromatic carbocycles. The van der Waals surface area contributed by atoms with E-state index in [0.29, 0.717) is 11.5 Å². The van der Waals surface area contributed by atoms with E-state index >= 15 is 0 Å². The van der Waals surface area contributed by atoms with Crippen LogP contribution in [0.1, 0.15) is 15.9 Å². The molecule has 0 aromatic heterocycles. The molecule has 0 bridgehead atoms. The van der Waals surface area contributed by atoms with Gasteiger partial charge in [0.2, 0.25) is 6.79 Å². The third kappa shape index (κ3) is 4.17. The van der Waals surface area contributed by atoms with Gasteiger partial charge in [0, 0.05) is 19.2 Å². The van der Waals surface area contributed by atoms with E-state index in [1.807, 2.05) is 0 Å². The van der Waals surface area contributed by atoms with Crippen molar-refractivity contribution in [2.75, 3.05) is 18.1 Å². The summed E-state index contributed by atoms with van der Waals surface area (Å²) in [6.07, 6.45) is 0. The van der Waals surface area contributed by atoms with Crippen molar-refractivity contribution in [3.05, 3.63) is 83.7 Å². The van der Waals surface area contributed by atoms with Crippen LogP contribution in [-0.2, 0) is 16.6 Å². The van der Waals surface area contributed by atoms with Gasteiger partial charge >= 0.3 is 0 Å². The molecule has 0 radical (unpaired) electrons. The zero-order valence-electron chi connectivity index (χ0n) is 16.5. The molecule has 0 fully saturated rings. The van der Waals surface area contributed by atoms with Gasteiger partial charge in [-0.3, -0.25) is 9.10 Å².